The molecule has 0 aliphatic heterocycles. The first-order valence-electron chi connectivity index (χ1n) is 7.95. The topological polar surface area (TPSA) is 72.2 Å². The molecule has 1 saturated carbocycles. The highest BCUT2D eigenvalue weighted by Gasteiger charge is 2.37. The second-order valence-corrected chi connectivity index (χ2v) is 7.81. The monoisotopic (exact) mass is 366 g/mol. The smallest absolute Gasteiger partial charge is 0.241 e. The molecular formula is C18H23ClN2O2S. The van der Waals surface area contributed by atoms with Crippen LogP contribution in [0.4, 0.5) is 0 Å². The Hall–Kier alpha value is -1.40. The molecule has 0 heterocycles. The standard InChI is InChI=1S/C18H22N2O2S.ClH/c19-14-18(12-6-7-13-18)20-23(21,22)17-11-5-4-10-16(17)15-8-2-1-3-9-15;/h1-5,8-11,20H,6-7,12-14,19H2;1H. The molecule has 4 nitrogen and oxygen atoms in total. The van der Waals surface area contributed by atoms with E-state index in [1.54, 1.807) is 12.1 Å². The van der Waals surface area contributed by atoms with Gasteiger partial charge in [0, 0.05) is 17.6 Å². The van der Waals surface area contributed by atoms with E-state index in [1.165, 1.54) is 0 Å². The Bertz CT molecular complexity index is 773. The van der Waals surface area contributed by atoms with Gasteiger partial charge in [0.1, 0.15) is 0 Å². The molecule has 130 valence electrons. The van der Waals surface area contributed by atoms with Crippen molar-refractivity contribution in [1.82, 2.24) is 4.72 Å². The zero-order chi connectivity index (χ0) is 16.3. The van der Waals surface area contributed by atoms with Gasteiger partial charge in [-0.1, -0.05) is 61.4 Å². The third kappa shape index (κ3) is 3.81. The van der Waals surface area contributed by atoms with Crippen LogP contribution in [0.25, 0.3) is 11.1 Å². The SMILES string of the molecule is Cl.NCC1(NS(=O)(=O)c2ccccc2-c2ccccc2)CCCC1. The highest BCUT2D eigenvalue weighted by Crippen LogP contribution is 2.32. The number of nitrogens with one attached hydrogen (secondary N) is 1. The highest BCUT2D eigenvalue weighted by molar-refractivity contribution is 7.89. The van der Waals surface area contributed by atoms with E-state index in [4.69, 9.17) is 5.73 Å². The molecule has 3 N–H and O–H groups in total. The molecular weight excluding hydrogens is 344 g/mol. The molecule has 1 fully saturated rings. The summed E-state index contributed by atoms with van der Waals surface area (Å²) < 4.78 is 28.9. The van der Waals surface area contributed by atoms with Crippen molar-refractivity contribution in [2.24, 2.45) is 5.73 Å². The Balaban J connectivity index is 0.00000208. The maximum atomic E-state index is 13.0. The number of sulfonamides is 1. The van der Waals surface area contributed by atoms with E-state index in [9.17, 15) is 8.42 Å². The quantitative estimate of drug-likeness (QED) is 0.852. The van der Waals surface area contributed by atoms with E-state index < -0.39 is 15.6 Å². The second-order valence-electron chi connectivity index (χ2n) is 6.16. The van der Waals surface area contributed by atoms with Gasteiger partial charge in [0.2, 0.25) is 10.0 Å². The summed E-state index contributed by atoms with van der Waals surface area (Å²) in [6, 6.07) is 16.7. The van der Waals surface area contributed by atoms with Gasteiger partial charge in [-0.05, 0) is 24.5 Å². The lowest BCUT2D eigenvalue weighted by molar-refractivity contribution is 0.399. The minimum atomic E-state index is -3.62. The Morgan fingerprint density at radius 1 is 0.958 bits per heavy atom. The van der Waals surface area contributed by atoms with E-state index in [0.29, 0.717) is 17.0 Å². The van der Waals surface area contributed by atoms with Crippen LogP contribution in [0.1, 0.15) is 25.7 Å². The Kier molecular flexibility index (Phi) is 6.04. The summed E-state index contributed by atoms with van der Waals surface area (Å²) in [6.07, 6.45) is 3.63. The van der Waals surface area contributed by atoms with E-state index in [-0.39, 0.29) is 12.4 Å². The molecule has 6 heteroatoms. The second kappa shape index (κ2) is 7.66. The van der Waals surface area contributed by atoms with Gasteiger partial charge in [-0.15, -0.1) is 12.4 Å². The lowest BCUT2D eigenvalue weighted by Gasteiger charge is -2.28. The summed E-state index contributed by atoms with van der Waals surface area (Å²) in [4.78, 5) is 0.311. The number of hydrogen-bond donors (Lipinski definition) is 2. The maximum Gasteiger partial charge on any atom is 0.241 e. The van der Waals surface area contributed by atoms with E-state index >= 15 is 0 Å². The molecule has 2 aromatic rings. The minimum absolute atomic E-state index is 0. The van der Waals surface area contributed by atoms with Crippen LogP contribution in [0.3, 0.4) is 0 Å². The van der Waals surface area contributed by atoms with Crippen LogP contribution in [-0.2, 0) is 10.0 Å². The lowest BCUT2D eigenvalue weighted by atomic mass is 10.0. The zero-order valence-corrected chi connectivity index (χ0v) is 15.1. The normalized spacial score (nSPS) is 16.5. The molecule has 0 amide bonds. The average molecular weight is 367 g/mol. The van der Waals surface area contributed by atoms with Gasteiger partial charge in [-0.2, -0.15) is 0 Å². The Morgan fingerprint density at radius 3 is 2.17 bits per heavy atom. The summed E-state index contributed by atoms with van der Waals surface area (Å²) in [5.74, 6) is 0. The molecule has 0 bridgehead atoms. The van der Waals surface area contributed by atoms with Crippen LogP contribution < -0.4 is 10.5 Å². The van der Waals surface area contributed by atoms with Gasteiger partial charge in [0.05, 0.1) is 4.90 Å². The fourth-order valence-corrected chi connectivity index (χ4v) is 5.00. The number of hydrogen-bond acceptors (Lipinski definition) is 3. The first-order chi connectivity index (χ1) is 11.1. The van der Waals surface area contributed by atoms with Gasteiger partial charge in [-0.25, -0.2) is 13.1 Å². The largest absolute Gasteiger partial charge is 0.329 e. The molecule has 1 aliphatic rings. The van der Waals surface area contributed by atoms with Gasteiger partial charge in [0.15, 0.2) is 0 Å². The van der Waals surface area contributed by atoms with Crippen molar-refractivity contribution in [3.63, 3.8) is 0 Å². The summed E-state index contributed by atoms with van der Waals surface area (Å²) in [6.45, 7) is 0.333. The predicted octanol–water partition coefficient (Wildman–Crippen LogP) is 3.33. The van der Waals surface area contributed by atoms with Crippen molar-refractivity contribution in [3.8, 4) is 11.1 Å². The van der Waals surface area contributed by atoms with Crippen molar-refractivity contribution < 1.29 is 8.42 Å². The number of rotatable bonds is 5. The van der Waals surface area contributed by atoms with E-state index in [0.717, 1.165) is 31.2 Å². The molecule has 0 spiro atoms. The van der Waals surface area contributed by atoms with Crippen LogP contribution >= 0.6 is 12.4 Å². The van der Waals surface area contributed by atoms with Crippen LogP contribution in [0.15, 0.2) is 59.5 Å². The molecule has 1 aliphatic carbocycles. The minimum Gasteiger partial charge on any atom is -0.329 e. The summed E-state index contributed by atoms with van der Waals surface area (Å²) in [5, 5.41) is 0. The molecule has 0 atom stereocenters. The van der Waals surface area contributed by atoms with Crippen LogP contribution in [-0.4, -0.2) is 20.5 Å². The van der Waals surface area contributed by atoms with Crippen molar-refractivity contribution in [2.75, 3.05) is 6.54 Å². The molecule has 0 saturated heterocycles. The van der Waals surface area contributed by atoms with E-state index in [1.807, 2.05) is 42.5 Å². The zero-order valence-electron chi connectivity index (χ0n) is 13.4. The Labute approximate surface area is 149 Å². The van der Waals surface area contributed by atoms with E-state index in [2.05, 4.69) is 4.72 Å². The van der Waals surface area contributed by atoms with Crippen LogP contribution in [0.5, 0.6) is 0 Å². The number of nitrogens with two attached hydrogens (primary N) is 1. The first kappa shape index (κ1) is 18.9. The third-order valence-electron chi connectivity index (χ3n) is 4.56. The summed E-state index contributed by atoms with van der Waals surface area (Å²) in [5.41, 5.74) is 6.98. The highest BCUT2D eigenvalue weighted by atomic mass is 35.5. The predicted molar refractivity (Wildman–Crippen MR) is 99.7 cm³/mol. The van der Waals surface area contributed by atoms with Gasteiger partial charge >= 0.3 is 0 Å². The van der Waals surface area contributed by atoms with Gasteiger partial charge in [0.25, 0.3) is 0 Å². The van der Waals surface area contributed by atoms with Crippen molar-refractivity contribution >= 4 is 22.4 Å². The molecule has 3 rings (SSSR count). The van der Waals surface area contributed by atoms with Crippen molar-refractivity contribution in [3.05, 3.63) is 54.6 Å². The molecule has 0 radical (unpaired) electrons. The van der Waals surface area contributed by atoms with Gasteiger partial charge in [-0.3, -0.25) is 0 Å². The molecule has 0 aromatic heterocycles. The third-order valence-corrected chi connectivity index (χ3v) is 6.20. The van der Waals surface area contributed by atoms with Crippen LogP contribution in [0, 0.1) is 0 Å². The lowest BCUT2D eigenvalue weighted by Crippen LogP contribution is -2.51. The summed E-state index contributed by atoms with van der Waals surface area (Å²) >= 11 is 0. The van der Waals surface area contributed by atoms with Crippen molar-refractivity contribution in [1.29, 1.82) is 0 Å². The molecule has 0 unspecified atom stereocenters. The first-order valence-corrected chi connectivity index (χ1v) is 9.43. The fraction of sp³-hybridized carbons (Fsp3) is 0.333. The average Bonchev–Trinajstić information content (AvgIpc) is 3.04. The fourth-order valence-electron chi connectivity index (χ4n) is 3.30. The summed E-state index contributed by atoms with van der Waals surface area (Å²) in [7, 11) is -3.62. The molecule has 2 aromatic carbocycles. The number of benzene rings is 2. The van der Waals surface area contributed by atoms with Crippen LogP contribution in [0.2, 0.25) is 0 Å². The van der Waals surface area contributed by atoms with Gasteiger partial charge < -0.3 is 5.73 Å². The maximum absolute atomic E-state index is 13.0. The molecule has 24 heavy (non-hydrogen) atoms. The number of halogens is 1. The Morgan fingerprint density at radius 2 is 1.54 bits per heavy atom. The van der Waals surface area contributed by atoms with Crippen molar-refractivity contribution in [2.45, 2.75) is 36.1 Å².